The van der Waals surface area contributed by atoms with E-state index in [1.165, 1.54) is 6.07 Å². The van der Waals surface area contributed by atoms with Gasteiger partial charge >= 0.3 is 0 Å². The molecular formula is C20H24FN7. The first-order valence-electron chi connectivity index (χ1n) is 9.52. The number of hydrogen-bond acceptors (Lipinski definition) is 7. The van der Waals surface area contributed by atoms with Crippen LogP contribution in [0.5, 0.6) is 0 Å². The molecule has 1 saturated heterocycles. The van der Waals surface area contributed by atoms with Gasteiger partial charge in [-0.15, -0.1) is 0 Å². The SMILES string of the molecule is Cc1nc(N)nc(NC(C)c2cc3ccc(F)c(C)c3nc2N2CCCC2)n1. The van der Waals surface area contributed by atoms with Gasteiger partial charge in [-0.25, -0.2) is 9.37 Å². The summed E-state index contributed by atoms with van der Waals surface area (Å²) in [5.74, 6) is 1.83. The number of hydrogen-bond donors (Lipinski definition) is 2. The molecular weight excluding hydrogens is 357 g/mol. The van der Waals surface area contributed by atoms with Gasteiger partial charge in [0, 0.05) is 29.6 Å². The van der Waals surface area contributed by atoms with E-state index in [4.69, 9.17) is 10.7 Å². The zero-order valence-electron chi connectivity index (χ0n) is 16.3. The molecule has 146 valence electrons. The molecule has 7 nitrogen and oxygen atoms in total. The normalized spacial score (nSPS) is 15.2. The summed E-state index contributed by atoms with van der Waals surface area (Å²) in [5, 5.41) is 4.23. The lowest BCUT2D eigenvalue weighted by Crippen LogP contribution is -2.23. The van der Waals surface area contributed by atoms with Crippen molar-refractivity contribution in [3.8, 4) is 0 Å². The summed E-state index contributed by atoms with van der Waals surface area (Å²) >= 11 is 0. The number of nitrogens with zero attached hydrogens (tertiary/aromatic N) is 5. The molecule has 3 heterocycles. The fourth-order valence-corrected chi connectivity index (χ4v) is 3.70. The Morgan fingerprint density at radius 1 is 1.11 bits per heavy atom. The van der Waals surface area contributed by atoms with Gasteiger partial charge in [0.25, 0.3) is 0 Å². The predicted molar refractivity (Wildman–Crippen MR) is 109 cm³/mol. The maximum Gasteiger partial charge on any atom is 0.228 e. The van der Waals surface area contributed by atoms with Crippen LogP contribution in [-0.4, -0.2) is 33.0 Å². The molecule has 2 aromatic heterocycles. The number of rotatable bonds is 4. The number of benzene rings is 1. The molecule has 1 atom stereocenters. The van der Waals surface area contributed by atoms with Crippen LogP contribution in [-0.2, 0) is 0 Å². The third kappa shape index (κ3) is 3.42. The molecule has 0 radical (unpaired) electrons. The Labute approximate surface area is 163 Å². The number of fused-ring (bicyclic) bond motifs is 1. The molecule has 3 aromatic rings. The van der Waals surface area contributed by atoms with Crippen molar-refractivity contribution >= 4 is 28.6 Å². The van der Waals surface area contributed by atoms with E-state index in [0.29, 0.717) is 22.9 Å². The minimum absolute atomic E-state index is 0.112. The van der Waals surface area contributed by atoms with Crippen molar-refractivity contribution in [2.75, 3.05) is 29.0 Å². The van der Waals surface area contributed by atoms with Crippen molar-refractivity contribution in [3.63, 3.8) is 0 Å². The van der Waals surface area contributed by atoms with Crippen LogP contribution in [0, 0.1) is 19.7 Å². The second-order valence-corrected chi connectivity index (χ2v) is 7.27. The third-order valence-corrected chi connectivity index (χ3v) is 5.17. The number of halogens is 1. The number of pyridine rings is 1. The molecule has 0 aliphatic carbocycles. The second-order valence-electron chi connectivity index (χ2n) is 7.27. The first-order chi connectivity index (χ1) is 13.4. The number of nitrogen functional groups attached to an aromatic ring is 1. The molecule has 0 saturated carbocycles. The molecule has 3 N–H and O–H groups in total. The standard InChI is InChI=1S/C20H24FN7/c1-11-16(21)7-6-14-10-15(18(26-17(11)14)28-8-4-5-9-28)12(2)23-20-25-13(3)24-19(22)27-20/h6-7,10,12H,4-5,8-9H2,1-3H3,(H3,22,23,24,25,27). The zero-order valence-corrected chi connectivity index (χ0v) is 16.3. The first kappa shape index (κ1) is 18.3. The number of anilines is 3. The molecule has 4 rings (SSSR count). The Morgan fingerprint density at radius 2 is 1.86 bits per heavy atom. The predicted octanol–water partition coefficient (Wildman–Crippen LogP) is 3.53. The van der Waals surface area contributed by atoms with E-state index in [1.807, 2.05) is 6.92 Å². The zero-order chi connectivity index (χ0) is 19.8. The van der Waals surface area contributed by atoms with Crippen molar-refractivity contribution in [1.29, 1.82) is 0 Å². The third-order valence-electron chi connectivity index (χ3n) is 5.17. The fraction of sp³-hybridized carbons (Fsp3) is 0.400. The lowest BCUT2D eigenvalue weighted by molar-refractivity contribution is 0.620. The van der Waals surface area contributed by atoms with Crippen molar-refractivity contribution in [2.45, 2.75) is 39.7 Å². The van der Waals surface area contributed by atoms with E-state index in [2.05, 4.69) is 31.2 Å². The van der Waals surface area contributed by atoms with Crippen molar-refractivity contribution in [2.24, 2.45) is 0 Å². The average Bonchev–Trinajstić information content (AvgIpc) is 3.17. The molecule has 0 bridgehead atoms. The maximum absolute atomic E-state index is 14.1. The van der Waals surface area contributed by atoms with E-state index >= 15 is 0 Å². The molecule has 28 heavy (non-hydrogen) atoms. The summed E-state index contributed by atoms with van der Waals surface area (Å²) in [5.41, 5.74) is 8.06. The highest BCUT2D eigenvalue weighted by Gasteiger charge is 2.22. The highest BCUT2D eigenvalue weighted by molar-refractivity contribution is 5.85. The summed E-state index contributed by atoms with van der Waals surface area (Å²) in [4.78, 5) is 19.7. The Hall–Kier alpha value is -3.03. The number of aromatic nitrogens is 4. The molecule has 1 aliphatic heterocycles. The lowest BCUT2D eigenvalue weighted by atomic mass is 10.0. The van der Waals surface area contributed by atoms with Crippen LogP contribution in [0.1, 0.15) is 42.8 Å². The Morgan fingerprint density at radius 3 is 2.57 bits per heavy atom. The first-order valence-corrected chi connectivity index (χ1v) is 9.52. The van der Waals surface area contributed by atoms with Crippen molar-refractivity contribution in [1.82, 2.24) is 19.9 Å². The van der Waals surface area contributed by atoms with E-state index < -0.39 is 0 Å². The molecule has 1 aromatic carbocycles. The Bertz CT molecular complexity index is 1010. The van der Waals surface area contributed by atoms with Gasteiger partial charge in [0.1, 0.15) is 17.5 Å². The number of nitrogens with one attached hydrogen (secondary N) is 1. The maximum atomic E-state index is 14.1. The van der Waals surface area contributed by atoms with Crippen molar-refractivity contribution < 1.29 is 4.39 Å². The van der Waals surface area contributed by atoms with Gasteiger partial charge in [-0.2, -0.15) is 15.0 Å². The van der Waals surface area contributed by atoms with Gasteiger partial charge in [0.15, 0.2) is 0 Å². The lowest BCUT2D eigenvalue weighted by Gasteiger charge is -2.25. The Kier molecular flexibility index (Phi) is 4.70. The van der Waals surface area contributed by atoms with E-state index in [1.54, 1.807) is 19.9 Å². The molecule has 1 unspecified atom stereocenters. The number of aryl methyl sites for hydroxylation is 2. The van der Waals surface area contributed by atoms with Crippen LogP contribution in [0.25, 0.3) is 10.9 Å². The summed E-state index contributed by atoms with van der Waals surface area (Å²) in [7, 11) is 0. The van der Waals surface area contributed by atoms with Crippen LogP contribution < -0.4 is 16.0 Å². The number of nitrogens with two attached hydrogens (primary N) is 1. The molecule has 1 aliphatic rings. The summed E-state index contributed by atoms with van der Waals surface area (Å²) < 4.78 is 14.1. The Balaban J connectivity index is 1.79. The van der Waals surface area contributed by atoms with E-state index in [-0.39, 0.29) is 17.8 Å². The largest absolute Gasteiger partial charge is 0.368 e. The van der Waals surface area contributed by atoms with Crippen LogP contribution in [0.4, 0.5) is 22.1 Å². The van der Waals surface area contributed by atoms with Crippen molar-refractivity contribution in [3.05, 3.63) is 41.0 Å². The highest BCUT2D eigenvalue weighted by atomic mass is 19.1. The minimum atomic E-state index is -0.234. The van der Waals surface area contributed by atoms with Crippen LogP contribution >= 0.6 is 0 Å². The summed E-state index contributed by atoms with van der Waals surface area (Å²) in [6, 6.07) is 5.24. The average molecular weight is 381 g/mol. The van der Waals surface area contributed by atoms with Gasteiger partial charge in [0.05, 0.1) is 11.6 Å². The second kappa shape index (κ2) is 7.18. The quantitative estimate of drug-likeness (QED) is 0.714. The van der Waals surface area contributed by atoms with Crippen LogP contribution in [0.15, 0.2) is 18.2 Å². The summed E-state index contributed by atoms with van der Waals surface area (Å²) in [6.07, 6.45) is 2.26. The van der Waals surface area contributed by atoms with Gasteiger partial charge < -0.3 is 16.0 Å². The highest BCUT2D eigenvalue weighted by Crippen LogP contribution is 2.33. The van der Waals surface area contributed by atoms with Gasteiger partial charge in [-0.1, -0.05) is 0 Å². The topological polar surface area (TPSA) is 92.8 Å². The smallest absolute Gasteiger partial charge is 0.228 e. The molecule has 8 heteroatoms. The minimum Gasteiger partial charge on any atom is -0.368 e. The van der Waals surface area contributed by atoms with Crippen LogP contribution in [0.2, 0.25) is 0 Å². The monoisotopic (exact) mass is 381 g/mol. The van der Waals surface area contributed by atoms with Gasteiger partial charge in [0.2, 0.25) is 11.9 Å². The van der Waals surface area contributed by atoms with Crippen LogP contribution in [0.3, 0.4) is 0 Å². The van der Waals surface area contributed by atoms with E-state index in [0.717, 1.165) is 42.7 Å². The molecule has 0 amide bonds. The van der Waals surface area contributed by atoms with Gasteiger partial charge in [-0.05, 0) is 51.8 Å². The van der Waals surface area contributed by atoms with E-state index in [9.17, 15) is 4.39 Å². The molecule has 1 fully saturated rings. The molecule has 0 spiro atoms. The van der Waals surface area contributed by atoms with Gasteiger partial charge in [-0.3, -0.25) is 0 Å². The summed E-state index contributed by atoms with van der Waals surface area (Å²) in [6.45, 7) is 7.48. The fourth-order valence-electron chi connectivity index (χ4n) is 3.70.